The van der Waals surface area contributed by atoms with Gasteiger partial charge in [-0.1, -0.05) is 42.5 Å². The molecule has 0 amide bonds. The van der Waals surface area contributed by atoms with Crippen LogP contribution in [0.5, 0.6) is 0 Å². The SMILES string of the molecule is CN=C(NCc1cccc2ccccc12)N1CCC(c2ncn[nH]2)CC1.I. The van der Waals surface area contributed by atoms with Crippen LogP contribution in [0.2, 0.25) is 0 Å². The first-order valence-corrected chi connectivity index (χ1v) is 9.12. The van der Waals surface area contributed by atoms with Gasteiger partial charge in [0.1, 0.15) is 12.2 Å². The highest BCUT2D eigenvalue weighted by atomic mass is 127. The third-order valence-electron chi connectivity index (χ3n) is 5.14. The minimum absolute atomic E-state index is 0. The molecule has 1 aliphatic rings. The molecule has 0 bridgehead atoms. The number of hydrogen-bond donors (Lipinski definition) is 2. The van der Waals surface area contributed by atoms with Gasteiger partial charge in [-0.3, -0.25) is 10.1 Å². The molecular weight excluding hydrogens is 451 g/mol. The van der Waals surface area contributed by atoms with Gasteiger partial charge in [0, 0.05) is 32.6 Å². The standard InChI is InChI=1S/C20H24N6.HI/c1-21-20(26-11-9-16(10-12-26)19-23-14-24-25-19)22-13-17-7-4-6-15-5-2-3-8-18(15)17;/h2-8,14,16H,9-13H2,1H3,(H,21,22)(H,23,24,25);1H. The molecule has 2 aromatic carbocycles. The van der Waals surface area contributed by atoms with E-state index in [0.717, 1.165) is 44.3 Å². The van der Waals surface area contributed by atoms with Gasteiger partial charge in [-0.05, 0) is 29.2 Å². The van der Waals surface area contributed by atoms with Crippen LogP contribution in [0.1, 0.15) is 30.1 Å². The number of aromatic nitrogens is 3. The third kappa shape index (κ3) is 4.40. The molecule has 0 unspecified atom stereocenters. The van der Waals surface area contributed by atoms with Crippen molar-refractivity contribution < 1.29 is 0 Å². The first kappa shape index (κ1) is 19.6. The third-order valence-corrected chi connectivity index (χ3v) is 5.14. The lowest BCUT2D eigenvalue weighted by Crippen LogP contribution is -2.45. The number of piperidine rings is 1. The van der Waals surface area contributed by atoms with Crippen LogP contribution < -0.4 is 5.32 Å². The van der Waals surface area contributed by atoms with Crippen LogP contribution in [-0.4, -0.2) is 46.2 Å². The number of benzene rings is 2. The molecule has 1 saturated heterocycles. The van der Waals surface area contributed by atoms with Crippen LogP contribution in [0.15, 0.2) is 53.8 Å². The minimum atomic E-state index is 0. The lowest BCUT2D eigenvalue weighted by atomic mass is 9.96. The molecule has 0 aliphatic carbocycles. The average molecular weight is 476 g/mol. The van der Waals surface area contributed by atoms with Crippen LogP contribution in [0.4, 0.5) is 0 Å². The van der Waals surface area contributed by atoms with Gasteiger partial charge in [0.15, 0.2) is 5.96 Å². The molecule has 1 aromatic heterocycles. The van der Waals surface area contributed by atoms with Gasteiger partial charge in [-0.25, -0.2) is 4.98 Å². The molecular formula is C20H25IN6. The molecule has 0 spiro atoms. The minimum Gasteiger partial charge on any atom is -0.352 e. The summed E-state index contributed by atoms with van der Waals surface area (Å²) < 4.78 is 0. The molecule has 142 valence electrons. The summed E-state index contributed by atoms with van der Waals surface area (Å²) >= 11 is 0. The lowest BCUT2D eigenvalue weighted by molar-refractivity contribution is 0.299. The number of hydrogen-bond acceptors (Lipinski definition) is 3. The first-order chi connectivity index (χ1) is 12.8. The summed E-state index contributed by atoms with van der Waals surface area (Å²) in [4.78, 5) is 11.1. The Morgan fingerprint density at radius 1 is 1.19 bits per heavy atom. The van der Waals surface area contributed by atoms with Crippen molar-refractivity contribution in [3.05, 3.63) is 60.2 Å². The Morgan fingerprint density at radius 2 is 1.96 bits per heavy atom. The smallest absolute Gasteiger partial charge is 0.193 e. The average Bonchev–Trinajstić information content (AvgIpc) is 3.24. The molecule has 27 heavy (non-hydrogen) atoms. The summed E-state index contributed by atoms with van der Waals surface area (Å²) in [6.45, 7) is 2.72. The summed E-state index contributed by atoms with van der Waals surface area (Å²) in [5.41, 5.74) is 1.29. The molecule has 0 radical (unpaired) electrons. The van der Waals surface area contributed by atoms with E-state index < -0.39 is 0 Å². The zero-order valence-corrected chi connectivity index (χ0v) is 17.8. The van der Waals surface area contributed by atoms with Gasteiger partial charge >= 0.3 is 0 Å². The Kier molecular flexibility index (Phi) is 6.65. The van der Waals surface area contributed by atoms with Crippen molar-refractivity contribution in [2.45, 2.75) is 25.3 Å². The van der Waals surface area contributed by atoms with Crippen LogP contribution in [0.3, 0.4) is 0 Å². The van der Waals surface area contributed by atoms with Crippen LogP contribution in [0.25, 0.3) is 10.8 Å². The van der Waals surface area contributed by atoms with E-state index in [2.05, 4.69) is 72.9 Å². The predicted molar refractivity (Wildman–Crippen MR) is 119 cm³/mol. The van der Waals surface area contributed by atoms with E-state index in [0.29, 0.717) is 5.92 Å². The number of nitrogens with one attached hydrogen (secondary N) is 2. The molecule has 0 atom stereocenters. The van der Waals surface area contributed by atoms with Gasteiger partial charge in [0.2, 0.25) is 0 Å². The predicted octanol–water partition coefficient (Wildman–Crippen LogP) is 3.53. The topological polar surface area (TPSA) is 69.2 Å². The highest BCUT2D eigenvalue weighted by Crippen LogP contribution is 2.25. The van der Waals surface area contributed by atoms with E-state index >= 15 is 0 Å². The highest BCUT2D eigenvalue weighted by molar-refractivity contribution is 14.0. The highest BCUT2D eigenvalue weighted by Gasteiger charge is 2.24. The number of aromatic amines is 1. The zero-order valence-electron chi connectivity index (χ0n) is 15.4. The molecule has 1 fully saturated rings. The van der Waals surface area contributed by atoms with Crippen molar-refractivity contribution in [1.82, 2.24) is 25.4 Å². The van der Waals surface area contributed by atoms with E-state index in [-0.39, 0.29) is 24.0 Å². The van der Waals surface area contributed by atoms with Gasteiger partial charge < -0.3 is 10.2 Å². The van der Waals surface area contributed by atoms with Crippen molar-refractivity contribution in [2.24, 2.45) is 4.99 Å². The molecule has 3 aromatic rings. The summed E-state index contributed by atoms with van der Waals surface area (Å²) in [5, 5.41) is 13.1. The van der Waals surface area contributed by atoms with Crippen LogP contribution in [-0.2, 0) is 6.54 Å². The Labute approximate surface area is 176 Å². The lowest BCUT2D eigenvalue weighted by Gasteiger charge is -2.33. The number of aliphatic imine (C=N–C) groups is 1. The summed E-state index contributed by atoms with van der Waals surface area (Å²) in [5.74, 6) is 2.43. The molecule has 2 N–H and O–H groups in total. The number of H-pyrrole nitrogens is 1. The largest absolute Gasteiger partial charge is 0.352 e. The van der Waals surface area contributed by atoms with Crippen molar-refractivity contribution in [2.75, 3.05) is 20.1 Å². The Hall–Kier alpha value is -2.16. The maximum atomic E-state index is 4.49. The maximum absolute atomic E-state index is 4.49. The van der Waals surface area contributed by atoms with E-state index in [1.807, 2.05) is 7.05 Å². The van der Waals surface area contributed by atoms with Crippen molar-refractivity contribution >= 4 is 40.7 Å². The van der Waals surface area contributed by atoms with E-state index in [1.165, 1.54) is 16.3 Å². The number of nitrogens with zero attached hydrogens (tertiary/aromatic N) is 4. The van der Waals surface area contributed by atoms with Gasteiger partial charge in [-0.15, -0.1) is 24.0 Å². The fraction of sp³-hybridized carbons (Fsp3) is 0.350. The number of guanidine groups is 1. The molecule has 7 heteroatoms. The number of rotatable bonds is 3. The molecule has 6 nitrogen and oxygen atoms in total. The van der Waals surface area contributed by atoms with Crippen molar-refractivity contribution in [3.8, 4) is 0 Å². The molecule has 2 heterocycles. The van der Waals surface area contributed by atoms with Crippen LogP contribution in [0, 0.1) is 0 Å². The number of fused-ring (bicyclic) bond motifs is 1. The fourth-order valence-electron chi connectivity index (χ4n) is 3.73. The van der Waals surface area contributed by atoms with E-state index in [4.69, 9.17) is 0 Å². The monoisotopic (exact) mass is 476 g/mol. The van der Waals surface area contributed by atoms with Crippen LogP contribution >= 0.6 is 24.0 Å². The quantitative estimate of drug-likeness (QED) is 0.345. The second kappa shape index (κ2) is 9.16. The second-order valence-corrected chi connectivity index (χ2v) is 6.67. The molecule has 1 aliphatic heterocycles. The Bertz CT molecular complexity index is 879. The van der Waals surface area contributed by atoms with E-state index in [1.54, 1.807) is 6.33 Å². The normalized spacial score (nSPS) is 15.6. The fourth-order valence-corrected chi connectivity index (χ4v) is 3.73. The van der Waals surface area contributed by atoms with Crippen molar-refractivity contribution in [3.63, 3.8) is 0 Å². The second-order valence-electron chi connectivity index (χ2n) is 6.67. The summed E-state index contributed by atoms with van der Waals surface area (Å²) in [7, 11) is 1.86. The Balaban J connectivity index is 0.00000210. The molecule has 0 saturated carbocycles. The van der Waals surface area contributed by atoms with E-state index in [9.17, 15) is 0 Å². The Morgan fingerprint density at radius 3 is 2.70 bits per heavy atom. The van der Waals surface area contributed by atoms with Crippen molar-refractivity contribution in [1.29, 1.82) is 0 Å². The van der Waals surface area contributed by atoms with Gasteiger partial charge in [0.05, 0.1) is 0 Å². The number of likely N-dealkylation sites (tertiary alicyclic amines) is 1. The molecule has 4 rings (SSSR count). The summed E-state index contributed by atoms with van der Waals surface area (Å²) in [6, 6.07) is 15.0. The zero-order chi connectivity index (χ0) is 17.8. The maximum Gasteiger partial charge on any atom is 0.193 e. The summed E-state index contributed by atoms with van der Waals surface area (Å²) in [6.07, 6.45) is 3.71. The van der Waals surface area contributed by atoms with Gasteiger partial charge in [0.25, 0.3) is 0 Å². The number of halogens is 1. The van der Waals surface area contributed by atoms with Gasteiger partial charge in [-0.2, -0.15) is 5.10 Å². The first-order valence-electron chi connectivity index (χ1n) is 9.12.